The summed E-state index contributed by atoms with van der Waals surface area (Å²) < 4.78 is 34.6. The molecule has 19 heteroatoms. The predicted octanol–water partition coefficient (Wildman–Crippen LogP) is 5.85. The van der Waals surface area contributed by atoms with Crippen LogP contribution in [0.4, 0.5) is 11.4 Å². The van der Waals surface area contributed by atoms with Crippen LogP contribution in [0.3, 0.4) is 0 Å². The summed E-state index contributed by atoms with van der Waals surface area (Å²) in [6, 6.07) is 20.3. The Kier molecular flexibility index (Phi) is 9.93. The Bertz CT molecular complexity index is 2440. The van der Waals surface area contributed by atoms with Crippen LogP contribution in [0.5, 0.6) is 34.5 Å². The van der Waals surface area contributed by atoms with Crippen molar-refractivity contribution in [3.8, 4) is 34.5 Å². The van der Waals surface area contributed by atoms with Gasteiger partial charge in [0.05, 0.1) is 32.1 Å². The minimum absolute atomic E-state index is 0.0195. The summed E-state index contributed by atoms with van der Waals surface area (Å²) in [5.74, 6) is -4.03. The van der Waals surface area contributed by atoms with Gasteiger partial charge in [-0.2, -0.15) is 0 Å². The Morgan fingerprint density at radius 3 is 1.50 bits per heavy atom. The minimum Gasteiger partial charge on any atom is -0.489 e. The van der Waals surface area contributed by atoms with Gasteiger partial charge in [-0.25, -0.2) is 19.2 Å². The number of nitro groups is 2. The average molecular weight is 795 g/mol. The molecule has 2 heterocycles. The number of carbonyl (C=O) groups is 4. The van der Waals surface area contributed by atoms with Crippen LogP contribution in [0.15, 0.2) is 91.0 Å². The summed E-state index contributed by atoms with van der Waals surface area (Å²) in [5.41, 5.74) is -1.50. The molecule has 0 amide bonds. The third-order valence-electron chi connectivity index (χ3n) is 9.00. The number of aliphatic carboxylic acids is 2. The van der Waals surface area contributed by atoms with E-state index in [1.807, 2.05) is 0 Å². The molecular formula is C39H26N2O17. The van der Waals surface area contributed by atoms with Crippen molar-refractivity contribution in [2.45, 2.75) is 18.8 Å². The number of hydrogen-bond donors (Lipinski definition) is 3. The average Bonchev–Trinajstić information content (AvgIpc) is 3.48. The van der Waals surface area contributed by atoms with Crippen molar-refractivity contribution >= 4 is 35.3 Å². The number of fused-ring (bicyclic) bond motifs is 6. The van der Waals surface area contributed by atoms with E-state index in [2.05, 4.69) is 0 Å². The maximum absolute atomic E-state index is 13.5. The van der Waals surface area contributed by atoms with Gasteiger partial charge in [-0.1, -0.05) is 6.07 Å². The van der Waals surface area contributed by atoms with Gasteiger partial charge in [0.1, 0.15) is 47.7 Å². The van der Waals surface area contributed by atoms with E-state index in [-0.39, 0.29) is 81.3 Å². The molecule has 0 radical (unpaired) electrons. The van der Waals surface area contributed by atoms with E-state index in [4.69, 9.17) is 38.6 Å². The standard InChI is InChI=1S/C39H26N2O17/c42-35(43)18-55-23-4-9-31(40(49)50)21(11-23)16-53-25-2-7-29-33(14-25)57-34-15-26(54-17-22-12-24(56-19-36(44)45)5-10-32(22)41(51)52)3-8-30(34)39(29)28-6-1-20(37(46)47)13-27(28)38(48)58-39/h1-15H,16-19H2,(H,42,43)(H,44,45)(H,46,47). The molecule has 3 N–H and O–H groups in total. The number of ether oxygens (including phenoxy) is 6. The molecule has 0 unspecified atom stereocenters. The number of nitrogens with zero attached hydrogens (tertiary/aromatic N) is 2. The summed E-state index contributed by atoms with van der Waals surface area (Å²) in [4.78, 5) is 69.5. The number of hydrogen-bond acceptors (Lipinski definition) is 14. The highest BCUT2D eigenvalue weighted by Gasteiger charge is 2.54. The van der Waals surface area contributed by atoms with Crippen molar-refractivity contribution < 1.29 is 72.8 Å². The molecule has 5 aromatic rings. The third kappa shape index (κ3) is 7.29. The van der Waals surface area contributed by atoms with Gasteiger partial charge in [0.15, 0.2) is 18.8 Å². The van der Waals surface area contributed by atoms with E-state index in [1.54, 1.807) is 12.1 Å². The quantitative estimate of drug-likeness (QED) is 0.0636. The first-order valence-corrected chi connectivity index (χ1v) is 16.8. The lowest BCUT2D eigenvalue weighted by molar-refractivity contribution is -0.386. The number of aromatic carboxylic acids is 1. The molecule has 2 aliphatic rings. The highest BCUT2D eigenvalue weighted by molar-refractivity contribution is 6.00. The van der Waals surface area contributed by atoms with E-state index in [0.29, 0.717) is 16.7 Å². The first-order chi connectivity index (χ1) is 27.7. The molecule has 294 valence electrons. The molecule has 58 heavy (non-hydrogen) atoms. The van der Waals surface area contributed by atoms with E-state index in [0.717, 1.165) is 12.1 Å². The van der Waals surface area contributed by atoms with Crippen LogP contribution in [0.2, 0.25) is 0 Å². The molecular weight excluding hydrogens is 768 g/mol. The zero-order valence-corrected chi connectivity index (χ0v) is 29.4. The maximum atomic E-state index is 13.5. The fourth-order valence-corrected chi connectivity index (χ4v) is 6.50. The third-order valence-corrected chi connectivity index (χ3v) is 9.00. The molecule has 0 saturated heterocycles. The number of esters is 1. The topological polar surface area (TPSA) is 271 Å². The van der Waals surface area contributed by atoms with Crippen molar-refractivity contribution in [1.29, 1.82) is 0 Å². The van der Waals surface area contributed by atoms with Crippen molar-refractivity contribution in [1.82, 2.24) is 0 Å². The molecule has 0 saturated carbocycles. The van der Waals surface area contributed by atoms with Crippen LogP contribution in [0, 0.1) is 20.2 Å². The largest absolute Gasteiger partial charge is 0.489 e. The van der Waals surface area contributed by atoms with Crippen molar-refractivity contribution in [2.75, 3.05) is 13.2 Å². The molecule has 2 aliphatic heterocycles. The summed E-state index contributed by atoms with van der Waals surface area (Å²) in [6.45, 7) is -2.11. The van der Waals surface area contributed by atoms with Crippen LogP contribution in [0.1, 0.15) is 48.5 Å². The second-order valence-corrected chi connectivity index (χ2v) is 12.6. The van der Waals surface area contributed by atoms with Gasteiger partial charge in [-0.15, -0.1) is 0 Å². The number of carboxylic acid groups (broad SMARTS) is 3. The number of carbonyl (C=O) groups excluding carboxylic acids is 1. The molecule has 0 aliphatic carbocycles. The van der Waals surface area contributed by atoms with Crippen molar-refractivity contribution in [3.63, 3.8) is 0 Å². The summed E-state index contributed by atoms with van der Waals surface area (Å²) >= 11 is 0. The van der Waals surface area contributed by atoms with Crippen LogP contribution in [0.25, 0.3) is 0 Å². The van der Waals surface area contributed by atoms with E-state index in [9.17, 15) is 44.5 Å². The lowest BCUT2D eigenvalue weighted by Gasteiger charge is -2.36. The second kappa shape index (κ2) is 15.1. The van der Waals surface area contributed by atoms with Crippen LogP contribution in [-0.2, 0) is 33.1 Å². The molecule has 5 aromatic carbocycles. The smallest absolute Gasteiger partial charge is 0.341 e. The summed E-state index contributed by atoms with van der Waals surface area (Å²) in [7, 11) is 0. The Morgan fingerprint density at radius 2 is 1.05 bits per heavy atom. The van der Waals surface area contributed by atoms with Crippen LogP contribution >= 0.6 is 0 Å². The Morgan fingerprint density at radius 1 is 0.603 bits per heavy atom. The van der Waals surface area contributed by atoms with Crippen molar-refractivity contribution in [3.05, 3.63) is 150 Å². The van der Waals surface area contributed by atoms with Gasteiger partial charge in [0, 0.05) is 41.0 Å². The summed E-state index contributed by atoms with van der Waals surface area (Å²) in [5, 5.41) is 51.1. The summed E-state index contributed by atoms with van der Waals surface area (Å²) in [6.07, 6.45) is 0. The first-order valence-electron chi connectivity index (χ1n) is 16.8. The maximum Gasteiger partial charge on any atom is 0.341 e. The van der Waals surface area contributed by atoms with Gasteiger partial charge in [0.25, 0.3) is 11.4 Å². The fraction of sp³-hybridized carbons (Fsp3) is 0.128. The highest BCUT2D eigenvalue weighted by Crippen LogP contribution is 2.57. The first kappa shape index (κ1) is 38.1. The van der Waals surface area contributed by atoms with E-state index < -0.39 is 52.5 Å². The van der Waals surface area contributed by atoms with E-state index in [1.165, 1.54) is 66.7 Å². The van der Waals surface area contributed by atoms with Crippen molar-refractivity contribution in [2.24, 2.45) is 0 Å². The second-order valence-electron chi connectivity index (χ2n) is 12.6. The number of benzene rings is 5. The van der Waals surface area contributed by atoms with Gasteiger partial charge in [0.2, 0.25) is 0 Å². The zero-order chi connectivity index (χ0) is 41.3. The molecule has 0 bridgehead atoms. The van der Waals surface area contributed by atoms with Crippen LogP contribution in [-0.4, -0.2) is 62.3 Å². The zero-order valence-electron chi connectivity index (χ0n) is 29.4. The van der Waals surface area contributed by atoms with Gasteiger partial charge in [-0.05, 0) is 60.7 Å². The molecule has 0 atom stereocenters. The lowest BCUT2D eigenvalue weighted by Crippen LogP contribution is -2.33. The van der Waals surface area contributed by atoms with Gasteiger partial charge >= 0.3 is 23.9 Å². The molecule has 0 fully saturated rings. The van der Waals surface area contributed by atoms with E-state index >= 15 is 0 Å². The number of nitro benzene ring substituents is 2. The number of rotatable bonds is 15. The predicted molar refractivity (Wildman–Crippen MR) is 193 cm³/mol. The highest BCUT2D eigenvalue weighted by atomic mass is 16.6. The fourth-order valence-electron chi connectivity index (χ4n) is 6.50. The monoisotopic (exact) mass is 794 g/mol. The Hall–Kier alpha value is -8.22. The SMILES string of the molecule is O=C(O)COc1ccc([N+](=O)[O-])c(COc2ccc3c(c2)Oc2cc(OCc4cc(OCC(=O)O)ccc4[N+](=O)[O-])ccc2C32OC(=O)c3cc(C(=O)O)ccc32)c1. The Balaban J connectivity index is 1.25. The molecule has 0 aromatic heterocycles. The number of carboxylic acids is 3. The minimum atomic E-state index is -1.69. The molecule has 19 nitrogen and oxygen atoms in total. The Labute approximate surface area is 324 Å². The van der Waals surface area contributed by atoms with Gasteiger partial charge in [-0.3, -0.25) is 20.2 Å². The normalized spacial score (nSPS) is 12.9. The van der Waals surface area contributed by atoms with Crippen LogP contribution < -0.4 is 23.7 Å². The molecule has 1 spiro atoms. The van der Waals surface area contributed by atoms with Gasteiger partial charge < -0.3 is 43.7 Å². The lowest BCUT2D eigenvalue weighted by atomic mass is 9.77. The molecule has 7 rings (SSSR count).